The quantitative estimate of drug-likeness (QED) is 0.140. The monoisotopic (exact) mass is 866 g/mol. The van der Waals surface area contributed by atoms with Gasteiger partial charge in [0.05, 0.1) is 54.1 Å². The first-order valence-corrected chi connectivity index (χ1v) is 20.7. The summed E-state index contributed by atoms with van der Waals surface area (Å²) >= 11 is 0. The summed E-state index contributed by atoms with van der Waals surface area (Å²) in [5.41, 5.74) is -0.00202. The Hall–Kier alpha value is -2.40. The molecule has 60 heavy (non-hydrogen) atoms. The summed E-state index contributed by atoms with van der Waals surface area (Å²) in [6.07, 6.45) is -10.2. The number of nitrogens with zero attached hydrogens (tertiary/aromatic N) is 1. The number of likely N-dealkylation sites (N-methyl/N-ethyl adjacent to an activating group) is 1. The van der Waals surface area contributed by atoms with E-state index in [9.17, 15) is 44.7 Å². The van der Waals surface area contributed by atoms with Crippen molar-refractivity contribution in [3.05, 3.63) is 0 Å². The fourth-order valence-corrected chi connectivity index (χ4v) is 8.69. The van der Waals surface area contributed by atoms with Gasteiger partial charge in [-0.3, -0.25) is 19.2 Å². The van der Waals surface area contributed by atoms with Crippen LogP contribution in [0.4, 0.5) is 0 Å². The third-order valence-electron chi connectivity index (χ3n) is 12.5. The van der Waals surface area contributed by atoms with Crippen LogP contribution in [0.3, 0.4) is 0 Å². The van der Waals surface area contributed by atoms with Crippen LogP contribution in [0.1, 0.15) is 101 Å². The third kappa shape index (κ3) is 13.1. The average Bonchev–Trinajstić information content (AvgIpc) is 3.15. The Kier molecular flexibility index (Phi) is 19.5. The maximum Gasteiger partial charge on any atom is 0.321 e. The van der Waals surface area contributed by atoms with Gasteiger partial charge in [0.2, 0.25) is 0 Å². The number of Topliss-reactive ketones (excluding diaryl/α,β-unsaturated/α-hetero) is 1. The number of rotatable bonds is 10. The number of hydrogen-bond donors (Lipinski definition) is 8. The number of methoxy groups -OCH3 is 1. The molecular weight excluding hydrogens is 792 g/mol. The molecule has 3 aliphatic rings. The number of aliphatic hydroxyl groups excluding tert-OH is 3. The average molecular weight is 867 g/mol. The molecule has 350 valence electrons. The standard InChI is InChI=1S/C37H67NO13.C4H7NO4/c1-14-25-37(10,45)30(41)20(4)27(39)18(2)16-35(8,44)32(51-34-28(40)24(38(11)12)15-19(3)47-34)21(5)29(22(6)33(43)49-25)50-26-17-36(9,46-13)31(42)23(7)48-26;5-2(4(8)9)1-3(6)7/h18-26,28-32,34,40-42,44-45H,14-17H2,1-13H3;2H,1,5H2,(H,6,7)(H,8,9)/t18-,19-,20+,21-,22-,23+,24+,25-,26+,28-,29+,30+,31+,32-,34+,35-,36-,37-;2-/m10/s1. The largest absolute Gasteiger partial charge is 0.481 e. The number of nitrogens with two attached hydrogens (primary N) is 1. The number of cyclic esters (lactones) is 1. The van der Waals surface area contributed by atoms with Crippen LogP contribution in [0, 0.1) is 23.7 Å². The molecule has 9 N–H and O–H groups in total. The van der Waals surface area contributed by atoms with Crippen LogP contribution in [0.5, 0.6) is 0 Å². The molecule has 3 heterocycles. The number of aliphatic carboxylic acids is 2. The van der Waals surface area contributed by atoms with Crippen molar-refractivity contribution in [1.82, 2.24) is 4.90 Å². The molecule has 0 unspecified atom stereocenters. The van der Waals surface area contributed by atoms with Gasteiger partial charge in [-0.15, -0.1) is 0 Å². The number of aliphatic hydroxyl groups is 5. The second-order valence-electron chi connectivity index (χ2n) is 18.0. The molecule has 0 aromatic heterocycles. The highest BCUT2D eigenvalue weighted by molar-refractivity contribution is 5.83. The number of ketones is 1. The van der Waals surface area contributed by atoms with Crippen LogP contribution >= 0.6 is 0 Å². The topological polar surface area (TPSA) is 295 Å². The van der Waals surface area contributed by atoms with E-state index in [-0.39, 0.29) is 31.4 Å². The van der Waals surface area contributed by atoms with Crippen molar-refractivity contribution in [2.24, 2.45) is 29.4 Å². The molecule has 0 aromatic rings. The van der Waals surface area contributed by atoms with E-state index >= 15 is 0 Å². The lowest BCUT2D eigenvalue weighted by Gasteiger charge is -2.49. The smallest absolute Gasteiger partial charge is 0.321 e. The number of ether oxygens (including phenoxy) is 6. The molecule has 3 aliphatic heterocycles. The van der Waals surface area contributed by atoms with E-state index in [2.05, 4.69) is 0 Å². The van der Waals surface area contributed by atoms with E-state index in [0.717, 1.165) is 0 Å². The molecule has 0 bridgehead atoms. The van der Waals surface area contributed by atoms with Crippen LogP contribution in [-0.4, -0.2) is 176 Å². The molecule has 19 nitrogen and oxygen atoms in total. The van der Waals surface area contributed by atoms with Gasteiger partial charge in [0.1, 0.15) is 35.7 Å². The van der Waals surface area contributed by atoms with Gasteiger partial charge in [-0.1, -0.05) is 27.7 Å². The zero-order chi connectivity index (χ0) is 46.4. The van der Waals surface area contributed by atoms with Crippen LogP contribution in [-0.2, 0) is 47.6 Å². The molecule has 19 heteroatoms. The predicted octanol–water partition coefficient (Wildman–Crippen LogP) is 0.659. The van der Waals surface area contributed by atoms with E-state index in [0.29, 0.717) is 6.42 Å². The highest BCUT2D eigenvalue weighted by atomic mass is 16.7. The lowest BCUT2D eigenvalue weighted by Crippen LogP contribution is -2.61. The molecular formula is C41H74N2O17. The minimum Gasteiger partial charge on any atom is -0.481 e. The summed E-state index contributed by atoms with van der Waals surface area (Å²) in [4.78, 5) is 49.4. The first kappa shape index (κ1) is 53.7. The minimum absolute atomic E-state index is 0.0936. The maximum atomic E-state index is 14.1. The van der Waals surface area contributed by atoms with Crippen molar-refractivity contribution in [3.8, 4) is 0 Å². The molecule has 0 aliphatic carbocycles. The first-order chi connectivity index (χ1) is 27.5. The minimum atomic E-state index is -1.99. The van der Waals surface area contributed by atoms with Crippen LogP contribution in [0.15, 0.2) is 0 Å². The summed E-state index contributed by atoms with van der Waals surface area (Å²) in [7, 11) is 5.18. The van der Waals surface area contributed by atoms with Gasteiger partial charge in [-0.05, 0) is 74.9 Å². The Morgan fingerprint density at radius 3 is 1.98 bits per heavy atom. The highest BCUT2D eigenvalue weighted by Crippen LogP contribution is 2.40. The van der Waals surface area contributed by atoms with Crippen LogP contribution in [0.2, 0.25) is 0 Å². The zero-order valence-electron chi connectivity index (χ0n) is 37.5. The van der Waals surface area contributed by atoms with Crippen molar-refractivity contribution in [2.45, 2.75) is 192 Å². The normalized spacial score (nSPS) is 44.2. The third-order valence-corrected chi connectivity index (χ3v) is 12.5. The van der Waals surface area contributed by atoms with Crippen LogP contribution < -0.4 is 5.73 Å². The van der Waals surface area contributed by atoms with E-state index in [1.165, 1.54) is 27.9 Å². The van der Waals surface area contributed by atoms with Gasteiger partial charge in [0.15, 0.2) is 12.6 Å². The SMILES string of the molecule is CC[C@H]1OC(=O)[C@H](C)[C@@H](O[C@H]2C[C@@](C)(OC)[C@@H](O)[C@H](C)O2)[C@@H](C)[C@@H](O[C@@H]2O[C@H](C)C[C@H](N(C)C)[C@H]2O)[C@](C)(O)C[C@@H](C)C(=O)[C@H](C)[C@H](O)[C@]1(C)O.N[C@@H](CC(=O)O)C(=O)O. The van der Waals surface area contributed by atoms with Crippen molar-refractivity contribution in [3.63, 3.8) is 0 Å². The van der Waals surface area contributed by atoms with E-state index in [4.69, 9.17) is 44.4 Å². The number of carboxylic acids is 2. The first-order valence-electron chi connectivity index (χ1n) is 20.7. The van der Waals surface area contributed by atoms with Gasteiger partial charge in [-0.2, -0.15) is 0 Å². The molecule has 3 saturated heterocycles. The number of carbonyl (C=O) groups is 4. The van der Waals surface area contributed by atoms with Crippen molar-refractivity contribution < 1.29 is 83.3 Å². The van der Waals surface area contributed by atoms with Gasteiger partial charge < -0.3 is 74.8 Å². The molecule has 0 saturated carbocycles. The fraction of sp³-hybridized carbons (Fsp3) is 0.902. The molecule has 19 atom stereocenters. The van der Waals surface area contributed by atoms with Gasteiger partial charge >= 0.3 is 17.9 Å². The highest BCUT2D eigenvalue weighted by Gasteiger charge is 2.53. The van der Waals surface area contributed by atoms with Gasteiger partial charge in [-0.25, -0.2) is 0 Å². The zero-order valence-corrected chi connectivity index (χ0v) is 37.5. The Bertz CT molecular complexity index is 1430. The number of esters is 1. The lowest BCUT2D eigenvalue weighted by atomic mass is 9.74. The Labute approximate surface area is 353 Å². The van der Waals surface area contributed by atoms with Crippen molar-refractivity contribution in [2.75, 3.05) is 21.2 Å². The summed E-state index contributed by atoms with van der Waals surface area (Å²) in [6, 6.07) is -1.61. The van der Waals surface area contributed by atoms with E-state index in [1.807, 2.05) is 25.9 Å². The molecule has 0 spiro atoms. The fourth-order valence-electron chi connectivity index (χ4n) is 8.69. The van der Waals surface area contributed by atoms with Crippen molar-refractivity contribution >= 4 is 23.7 Å². The lowest BCUT2D eigenvalue weighted by molar-refractivity contribution is -0.318. The van der Waals surface area contributed by atoms with E-state index < -0.39 is 132 Å². The van der Waals surface area contributed by atoms with Gasteiger partial charge in [0, 0.05) is 37.3 Å². The Balaban J connectivity index is 0.00000123. The number of carbonyl (C=O) groups excluding carboxylic acids is 2. The van der Waals surface area contributed by atoms with Gasteiger partial charge in [0.25, 0.3) is 0 Å². The Morgan fingerprint density at radius 1 is 0.917 bits per heavy atom. The number of hydrogen-bond acceptors (Lipinski definition) is 17. The summed E-state index contributed by atoms with van der Waals surface area (Å²) in [5, 5.41) is 73.6. The summed E-state index contributed by atoms with van der Waals surface area (Å²) < 4.78 is 37.1. The molecule has 0 amide bonds. The molecule has 0 radical (unpaired) electrons. The molecule has 3 fully saturated rings. The van der Waals surface area contributed by atoms with Crippen LogP contribution in [0.25, 0.3) is 0 Å². The van der Waals surface area contributed by atoms with E-state index in [1.54, 1.807) is 41.5 Å². The Morgan fingerprint density at radius 2 is 1.50 bits per heavy atom. The second kappa shape index (κ2) is 21.8. The molecule has 3 rings (SSSR count). The summed E-state index contributed by atoms with van der Waals surface area (Å²) in [6.45, 7) is 16.3. The maximum absolute atomic E-state index is 14.1. The molecule has 0 aromatic carbocycles. The van der Waals surface area contributed by atoms with Crippen molar-refractivity contribution in [1.29, 1.82) is 0 Å². The second-order valence-corrected chi connectivity index (χ2v) is 18.0. The summed E-state index contributed by atoms with van der Waals surface area (Å²) in [5.74, 6) is -7.47. The predicted molar refractivity (Wildman–Crippen MR) is 214 cm³/mol. The number of carboxylic acid groups (broad SMARTS) is 2.